The molecule has 0 atom stereocenters. The van der Waals surface area contributed by atoms with Crippen molar-refractivity contribution in [3.8, 4) is 5.75 Å². The fraction of sp³-hybridized carbons (Fsp3) is 0.133. The summed E-state index contributed by atoms with van der Waals surface area (Å²) in [5, 5.41) is 1.00. The van der Waals surface area contributed by atoms with Crippen molar-refractivity contribution < 1.29 is 9.53 Å². The molecular formula is C15H12Cl2O2. The van der Waals surface area contributed by atoms with Crippen LogP contribution in [-0.2, 0) is 11.2 Å². The summed E-state index contributed by atoms with van der Waals surface area (Å²) in [6, 6.07) is 14.4. The molecule has 0 amide bonds. The third kappa shape index (κ3) is 3.98. The summed E-state index contributed by atoms with van der Waals surface area (Å²) in [5.74, 6) is 0.597. The molecule has 0 aliphatic carbocycles. The van der Waals surface area contributed by atoms with Gasteiger partial charge in [-0.05, 0) is 29.8 Å². The first-order valence-corrected chi connectivity index (χ1v) is 6.55. The molecule has 98 valence electrons. The highest BCUT2D eigenvalue weighted by molar-refractivity contribution is 6.36. The van der Waals surface area contributed by atoms with Crippen LogP contribution < -0.4 is 4.74 Å². The van der Waals surface area contributed by atoms with Crippen LogP contribution in [0.2, 0.25) is 10.0 Å². The van der Waals surface area contributed by atoms with E-state index in [0.29, 0.717) is 21.4 Å². The largest absolute Gasteiger partial charge is 0.486 e. The Bertz CT molecular complexity index is 547. The van der Waals surface area contributed by atoms with E-state index in [-0.39, 0.29) is 18.8 Å². The van der Waals surface area contributed by atoms with Gasteiger partial charge < -0.3 is 4.74 Å². The third-order valence-electron chi connectivity index (χ3n) is 2.58. The van der Waals surface area contributed by atoms with Crippen molar-refractivity contribution in [2.24, 2.45) is 0 Å². The number of carbonyl (C=O) groups excluding carboxylic acids is 1. The van der Waals surface area contributed by atoms with Gasteiger partial charge in [-0.3, -0.25) is 4.79 Å². The van der Waals surface area contributed by atoms with E-state index >= 15 is 0 Å². The lowest BCUT2D eigenvalue weighted by molar-refractivity contribution is -0.120. The van der Waals surface area contributed by atoms with Gasteiger partial charge in [0, 0.05) is 16.5 Å². The van der Waals surface area contributed by atoms with E-state index in [0.717, 1.165) is 0 Å². The average molecular weight is 295 g/mol. The second kappa shape index (κ2) is 6.60. The van der Waals surface area contributed by atoms with E-state index in [1.165, 1.54) is 0 Å². The lowest BCUT2D eigenvalue weighted by atomic mass is 10.1. The molecule has 0 radical (unpaired) electrons. The zero-order chi connectivity index (χ0) is 13.7. The predicted octanol–water partition coefficient (Wildman–Crippen LogP) is 4.18. The van der Waals surface area contributed by atoms with Gasteiger partial charge in [0.25, 0.3) is 0 Å². The molecule has 0 saturated heterocycles. The minimum absolute atomic E-state index is 0.00552. The second-order valence-electron chi connectivity index (χ2n) is 4.02. The van der Waals surface area contributed by atoms with Crippen LogP contribution in [-0.4, -0.2) is 12.4 Å². The molecular weight excluding hydrogens is 283 g/mol. The monoisotopic (exact) mass is 294 g/mol. The first-order valence-electron chi connectivity index (χ1n) is 5.79. The van der Waals surface area contributed by atoms with E-state index in [2.05, 4.69) is 0 Å². The molecule has 2 nitrogen and oxygen atoms in total. The number of ketones is 1. The highest BCUT2D eigenvalue weighted by Crippen LogP contribution is 2.24. The molecule has 2 aromatic rings. The summed E-state index contributed by atoms with van der Waals surface area (Å²) in [7, 11) is 0. The Kier molecular flexibility index (Phi) is 4.83. The highest BCUT2D eigenvalue weighted by atomic mass is 35.5. The summed E-state index contributed by atoms with van der Waals surface area (Å²) in [6.45, 7) is 0.00552. The Morgan fingerprint density at radius 1 is 0.947 bits per heavy atom. The van der Waals surface area contributed by atoms with Crippen molar-refractivity contribution in [3.05, 3.63) is 64.1 Å². The third-order valence-corrected chi connectivity index (χ3v) is 3.29. The molecule has 19 heavy (non-hydrogen) atoms. The first kappa shape index (κ1) is 13.9. The van der Waals surface area contributed by atoms with Crippen LogP contribution >= 0.6 is 23.2 Å². The van der Waals surface area contributed by atoms with Crippen LogP contribution in [0.3, 0.4) is 0 Å². The average Bonchev–Trinajstić information content (AvgIpc) is 2.42. The number of benzene rings is 2. The molecule has 0 bridgehead atoms. The molecule has 0 saturated carbocycles. The van der Waals surface area contributed by atoms with Gasteiger partial charge in [-0.1, -0.05) is 47.5 Å². The van der Waals surface area contributed by atoms with Crippen LogP contribution in [0.4, 0.5) is 0 Å². The minimum atomic E-state index is -0.0705. The lowest BCUT2D eigenvalue weighted by Gasteiger charge is -2.07. The van der Waals surface area contributed by atoms with E-state index < -0.39 is 0 Å². The summed E-state index contributed by atoms with van der Waals surface area (Å²) in [5.41, 5.74) is 0.646. The topological polar surface area (TPSA) is 26.3 Å². The van der Waals surface area contributed by atoms with E-state index in [1.54, 1.807) is 30.3 Å². The maximum absolute atomic E-state index is 11.8. The molecule has 0 N–H and O–H groups in total. The molecule has 0 aliphatic rings. The van der Waals surface area contributed by atoms with Gasteiger partial charge in [0.1, 0.15) is 12.4 Å². The van der Waals surface area contributed by atoms with Crippen molar-refractivity contribution in [3.63, 3.8) is 0 Å². The zero-order valence-corrected chi connectivity index (χ0v) is 11.6. The Balaban J connectivity index is 1.95. The lowest BCUT2D eigenvalue weighted by Crippen LogP contribution is -2.14. The highest BCUT2D eigenvalue weighted by Gasteiger charge is 2.11. The molecule has 2 aromatic carbocycles. The molecule has 0 unspecified atom stereocenters. The van der Waals surface area contributed by atoms with Crippen molar-refractivity contribution in [1.82, 2.24) is 0 Å². The number of hydrogen-bond donors (Lipinski definition) is 0. The Morgan fingerprint density at radius 3 is 2.21 bits per heavy atom. The molecule has 0 aliphatic heterocycles. The summed E-state index contributed by atoms with van der Waals surface area (Å²) in [6.07, 6.45) is 0.172. The van der Waals surface area contributed by atoms with Gasteiger partial charge in [-0.2, -0.15) is 0 Å². The number of rotatable bonds is 5. The van der Waals surface area contributed by atoms with E-state index in [4.69, 9.17) is 27.9 Å². The number of para-hydroxylation sites is 1. The van der Waals surface area contributed by atoms with Gasteiger partial charge in [-0.25, -0.2) is 0 Å². The quantitative estimate of drug-likeness (QED) is 0.827. The number of Topliss-reactive ketones (excluding diaryl/α,β-unsaturated/α-hetero) is 1. The summed E-state index contributed by atoms with van der Waals surface area (Å²) >= 11 is 12.0. The smallest absolute Gasteiger partial charge is 0.174 e. The van der Waals surface area contributed by atoms with Crippen molar-refractivity contribution >= 4 is 29.0 Å². The normalized spacial score (nSPS) is 10.2. The predicted molar refractivity (Wildman–Crippen MR) is 77.1 cm³/mol. The molecule has 0 heterocycles. The maximum Gasteiger partial charge on any atom is 0.174 e. The zero-order valence-electron chi connectivity index (χ0n) is 10.1. The fourth-order valence-corrected chi connectivity index (χ4v) is 2.16. The van der Waals surface area contributed by atoms with E-state index in [9.17, 15) is 4.79 Å². The molecule has 2 rings (SSSR count). The fourth-order valence-electron chi connectivity index (χ4n) is 1.63. The van der Waals surface area contributed by atoms with Crippen molar-refractivity contribution in [2.75, 3.05) is 6.61 Å². The van der Waals surface area contributed by atoms with E-state index in [1.807, 2.05) is 18.2 Å². The molecule has 0 aromatic heterocycles. The maximum atomic E-state index is 11.8. The number of halogens is 2. The van der Waals surface area contributed by atoms with Gasteiger partial charge in [0.05, 0.1) is 0 Å². The SMILES string of the molecule is O=C(COc1ccccc1)Cc1c(Cl)cccc1Cl. The Labute approximate surface area is 121 Å². The number of carbonyl (C=O) groups is 1. The second-order valence-corrected chi connectivity index (χ2v) is 4.83. The molecule has 4 heteroatoms. The van der Waals surface area contributed by atoms with Crippen LogP contribution in [0.15, 0.2) is 48.5 Å². The minimum Gasteiger partial charge on any atom is -0.486 e. The van der Waals surface area contributed by atoms with Crippen LogP contribution in [0, 0.1) is 0 Å². The standard InChI is InChI=1S/C15H12Cl2O2/c16-14-7-4-8-15(17)13(14)9-11(18)10-19-12-5-2-1-3-6-12/h1-8H,9-10H2. The van der Waals surface area contributed by atoms with Crippen LogP contribution in [0.1, 0.15) is 5.56 Å². The Hall–Kier alpha value is -1.51. The van der Waals surface area contributed by atoms with Gasteiger partial charge in [0.2, 0.25) is 0 Å². The van der Waals surface area contributed by atoms with Gasteiger partial charge >= 0.3 is 0 Å². The first-order chi connectivity index (χ1) is 9.16. The number of hydrogen-bond acceptors (Lipinski definition) is 2. The summed E-state index contributed by atoms with van der Waals surface area (Å²) in [4.78, 5) is 11.8. The van der Waals surface area contributed by atoms with Crippen LogP contribution in [0.5, 0.6) is 5.75 Å². The Morgan fingerprint density at radius 2 is 1.58 bits per heavy atom. The van der Waals surface area contributed by atoms with Gasteiger partial charge in [-0.15, -0.1) is 0 Å². The molecule has 0 fully saturated rings. The van der Waals surface area contributed by atoms with Crippen molar-refractivity contribution in [2.45, 2.75) is 6.42 Å². The number of ether oxygens (including phenoxy) is 1. The van der Waals surface area contributed by atoms with Crippen LogP contribution in [0.25, 0.3) is 0 Å². The van der Waals surface area contributed by atoms with Gasteiger partial charge in [0.15, 0.2) is 5.78 Å². The van der Waals surface area contributed by atoms with Crippen molar-refractivity contribution in [1.29, 1.82) is 0 Å². The molecule has 0 spiro atoms. The summed E-state index contributed by atoms with van der Waals surface area (Å²) < 4.78 is 5.38.